The third kappa shape index (κ3) is 3.69. The maximum Gasteiger partial charge on any atom is 0.450 e. The van der Waals surface area contributed by atoms with Gasteiger partial charge in [0, 0.05) is 0 Å². The molecule has 1 fully saturated rings. The van der Waals surface area contributed by atoms with Gasteiger partial charge in [0.15, 0.2) is 5.58 Å². The highest BCUT2D eigenvalue weighted by atomic mass is 19.4. The van der Waals surface area contributed by atoms with Crippen molar-refractivity contribution in [2.45, 2.75) is 44.9 Å². The van der Waals surface area contributed by atoms with Crippen LogP contribution in [0, 0.1) is 0 Å². The average Bonchev–Trinajstić information content (AvgIpc) is 2.71. The first kappa shape index (κ1) is 20.5. The van der Waals surface area contributed by atoms with Crippen LogP contribution in [0.1, 0.15) is 37.5 Å². The van der Waals surface area contributed by atoms with Gasteiger partial charge in [-0.2, -0.15) is 13.2 Å². The summed E-state index contributed by atoms with van der Waals surface area (Å²) >= 11 is 0. The molecule has 2 N–H and O–H groups in total. The first-order chi connectivity index (χ1) is 14.3. The number of piperidine rings is 1. The topological polar surface area (TPSA) is 54.9 Å². The van der Waals surface area contributed by atoms with E-state index < -0.39 is 22.9 Å². The predicted molar refractivity (Wildman–Crippen MR) is 107 cm³/mol. The van der Waals surface area contributed by atoms with E-state index in [9.17, 15) is 23.1 Å². The molecular formula is C23H23F3NO3+. The zero-order valence-electron chi connectivity index (χ0n) is 16.6. The molecule has 158 valence electrons. The minimum atomic E-state index is -4.85. The molecular weight excluding hydrogens is 395 g/mol. The monoisotopic (exact) mass is 418 g/mol. The Balaban J connectivity index is 1.96. The van der Waals surface area contributed by atoms with Crippen molar-refractivity contribution in [1.82, 2.24) is 0 Å². The summed E-state index contributed by atoms with van der Waals surface area (Å²) in [6, 6.07) is 10.7. The fourth-order valence-corrected chi connectivity index (χ4v) is 4.28. The van der Waals surface area contributed by atoms with Crippen molar-refractivity contribution in [3.05, 3.63) is 64.0 Å². The number of benzene rings is 2. The summed E-state index contributed by atoms with van der Waals surface area (Å²) in [6.45, 7) is 3.24. The molecule has 0 bridgehead atoms. The van der Waals surface area contributed by atoms with Crippen LogP contribution in [0.2, 0.25) is 0 Å². The van der Waals surface area contributed by atoms with Gasteiger partial charge in [-0.3, -0.25) is 4.79 Å². The van der Waals surface area contributed by atoms with E-state index >= 15 is 0 Å². The van der Waals surface area contributed by atoms with Crippen molar-refractivity contribution >= 4 is 11.0 Å². The molecule has 0 aliphatic carbocycles. The van der Waals surface area contributed by atoms with Gasteiger partial charge in [-0.1, -0.05) is 30.3 Å². The molecule has 7 heteroatoms. The van der Waals surface area contributed by atoms with E-state index in [4.69, 9.17) is 4.42 Å². The first-order valence-corrected chi connectivity index (χ1v) is 10.1. The Morgan fingerprint density at radius 3 is 2.53 bits per heavy atom. The lowest BCUT2D eigenvalue weighted by Gasteiger charge is -2.30. The number of likely N-dealkylation sites (tertiary alicyclic amines) is 1. The van der Waals surface area contributed by atoms with Gasteiger partial charge in [-0.25, -0.2) is 0 Å². The summed E-state index contributed by atoms with van der Waals surface area (Å²) in [5, 5.41) is 10.5. The highest BCUT2D eigenvalue weighted by molar-refractivity contribution is 5.86. The number of nitrogens with one attached hydrogen (secondary N) is 1. The maximum atomic E-state index is 13.9. The minimum Gasteiger partial charge on any atom is -0.507 e. The standard InChI is InChI=1S/C23H22F3NO3/c1-14-7-5-6-12-27(14)13-17-18(28)11-10-16-20(29)19(15-8-3-2-4-9-15)22(23(24,25)26)30-21(16)17/h2-4,8-11,14,28H,5-7,12-13H2,1H3/p+1. The van der Waals surface area contributed by atoms with Crippen molar-refractivity contribution in [1.29, 1.82) is 0 Å². The van der Waals surface area contributed by atoms with Gasteiger partial charge >= 0.3 is 6.18 Å². The summed E-state index contributed by atoms with van der Waals surface area (Å²) in [6.07, 6.45) is -1.72. The number of phenols is 1. The lowest BCUT2D eigenvalue weighted by molar-refractivity contribution is -0.941. The summed E-state index contributed by atoms with van der Waals surface area (Å²) in [7, 11) is 0. The molecule has 0 spiro atoms. The van der Waals surface area contributed by atoms with E-state index in [-0.39, 0.29) is 27.8 Å². The molecule has 0 amide bonds. The minimum absolute atomic E-state index is 0.0405. The van der Waals surface area contributed by atoms with E-state index in [1.807, 2.05) is 0 Å². The van der Waals surface area contributed by atoms with Crippen molar-refractivity contribution in [2.24, 2.45) is 0 Å². The highest BCUT2D eigenvalue weighted by Crippen LogP contribution is 2.38. The van der Waals surface area contributed by atoms with Crippen LogP contribution in [-0.4, -0.2) is 17.7 Å². The number of alkyl halides is 3. The largest absolute Gasteiger partial charge is 0.507 e. The van der Waals surface area contributed by atoms with Crippen LogP contribution in [-0.2, 0) is 12.7 Å². The van der Waals surface area contributed by atoms with Crippen LogP contribution < -0.4 is 10.3 Å². The van der Waals surface area contributed by atoms with Crippen molar-refractivity contribution in [3.63, 3.8) is 0 Å². The first-order valence-electron chi connectivity index (χ1n) is 10.1. The second kappa shape index (κ2) is 7.80. The maximum absolute atomic E-state index is 13.9. The Labute approximate surface area is 171 Å². The number of quaternary nitrogens is 1. The van der Waals surface area contributed by atoms with Crippen molar-refractivity contribution in [3.8, 4) is 16.9 Å². The molecule has 30 heavy (non-hydrogen) atoms. The Hall–Kier alpha value is -2.80. The smallest absolute Gasteiger partial charge is 0.450 e. The van der Waals surface area contributed by atoms with Crippen molar-refractivity contribution in [2.75, 3.05) is 6.54 Å². The van der Waals surface area contributed by atoms with Crippen molar-refractivity contribution < 1.29 is 27.6 Å². The summed E-state index contributed by atoms with van der Waals surface area (Å²) in [5.74, 6) is -1.49. The molecule has 1 saturated heterocycles. The van der Waals surface area contributed by atoms with E-state index in [2.05, 4.69) is 6.92 Å². The Bertz CT molecular complexity index is 1120. The van der Waals surface area contributed by atoms with E-state index in [0.29, 0.717) is 12.6 Å². The summed E-state index contributed by atoms with van der Waals surface area (Å²) in [5.41, 5.74) is -1.05. The van der Waals surface area contributed by atoms with Gasteiger partial charge in [-0.05, 0) is 43.9 Å². The fourth-order valence-electron chi connectivity index (χ4n) is 4.28. The number of hydrogen-bond acceptors (Lipinski definition) is 3. The van der Waals surface area contributed by atoms with Gasteiger partial charge in [0.25, 0.3) is 0 Å². The Morgan fingerprint density at radius 2 is 1.87 bits per heavy atom. The van der Waals surface area contributed by atoms with Crippen LogP contribution in [0.15, 0.2) is 51.7 Å². The van der Waals surface area contributed by atoms with Gasteiger partial charge in [0.05, 0.1) is 29.1 Å². The van der Waals surface area contributed by atoms with E-state index in [1.165, 1.54) is 24.3 Å². The number of fused-ring (bicyclic) bond motifs is 1. The van der Waals surface area contributed by atoms with Crippen LogP contribution in [0.3, 0.4) is 0 Å². The Kier molecular flexibility index (Phi) is 5.32. The molecule has 1 aliphatic rings. The van der Waals surface area contributed by atoms with Gasteiger partial charge in [-0.15, -0.1) is 0 Å². The molecule has 4 rings (SSSR count). The number of hydrogen-bond donors (Lipinski definition) is 2. The highest BCUT2D eigenvalue weighted by Gasteiger charge is 2.40. The lowest BCUT2D eigenvalue weighted by atomic mass is 9.99. The zero-order chi connectivity index (χ0) is 21.5. The van der Waals surface area contributed by atoms with Crippen LogP contribution >= 0.6 is 0 Å². The number of phenolic OH excluding ortho intramolecular Hbond substituents is 1. The normalized spacial score (nSPS) is 19.9. The van der Waals surface area contributed by atoms with E-state index in [0.717, 1.165) is 30.7 Å². The van der Waals surface area contributed by atoms with E-state index in [1.54, 1.807) is 18.2 Å². The predicted octanol–water partition coefficient (Wildman–Crippen LogP) is 4.14. The summed E-state index contributed by atoms with van der Waals surface area (Å²) in [4.78, 5) is 14.3. The zero-order valence-corrected chi connectivity index (χ0v) is 16.6. The third-order valence-corrected chi connectivity index (χ3v) is 5.94. The third-order valence-electron chi connectivity index (χ3n) is 5.94. The molecule has 2 aromatic carbocycles. The fraction of sp³-hybridized carbons (Fsp3) is 0.348. The van der Waals surface area contributed by atoms with Gasteiger partial charge in [0.2, 0.25) is 11.2 Å². The Morgan fingerprint density at radius 1 is 1.13 bits per heavy atom. The molecule has 0 saturated carbocycles. The lowest BCUT2D eigenvalue weighted by Crippen LogP contribution is -3.14. The second-order valence-corrected chi connectivity index (χ2v) is 7.92. The van der Waals surface area contributed by atoms with Crippen LogP contribution in [0.5, 0.6) is 5.75 Å². The number of halogens is 3. The molecule has 4 nitrogen and oxygen atoms in total. The molecule has 2 unspecified atom stereocenters. The summed E-state index contributed by atoms with van der Waals surface area (Å²) < 4.78 is 47.1. The van der Waals surface area contributed by atoms with Gasteiger partial charge in [0.1, 0.15) is 12.3 Å². The molecule has 1 aromatic heterocycles. The van der Waals surface area contributed by atoms with Crippen LogP contribution in [0.25, 0.3) is 22.1 Å². The molecule has 2 atom stereocenters. The number of rotatable bonds is 3. The van der Waals surface area contributed by atoms with Gasteiger partial charge < -0.3 is 14.4 Å². The molecule has 2 heterocycles. The number of aromatic hydroxyl groups is 1. The second-order valence-electron chi connectivity index (χ2n) is 7.92. The SMILES string of the molecule is CC1CCCC[NH+]1Cc1c(O)ccc2c(=O)c(-c3ccccc3)c(C(F)(F)F)oc12. The average molecular weight is 418 g/mol. The van der Waals surface area contributed by atoms with Crippen LogP contribution in [0.4, 0.5) is 13.2 Å². The molecule has 3 aromatic rings. The molecule has 1 aliphatic heterocycles. The quantitative estimate of drug-likeness (QED) is 0.672. The molecule has 0 radical (unpaired) electrons.